The fraction of sp³-hybridized carbons (Fsp3) is 0.562. The average molecular weight is 310 g/mol. The SMILES string of the molecule is CCN(CC)CCCn1c(CCl)nc2cc(OC)ccc21. The Morgan fingerprint density at radius 3 is 2.67 bits per heavy atom. The van der Waals surface area contributed by atoms with Gasteiger partial charge in [0.1, 0.15) is 11.6 Å². The zero-order valence-electron chi connectivity index (χ0n) is 13.1. The van der Waals surface area contributed by atoms with Crippen LogP contribution in [0, 0.1) is 0 Å². The molecule has 0 bridgehead atoms. The van der Waals surface area contributed by atoms with Crippen LogP contribution in [-0.4, -0.2) is 41.2 Å². The van der Waals surface area contributed by atoms with Gasteiger partial charge < -0.3 is 14.2 Å². The number of nitrogens with zero attached hydrogens (tertiary/aromatic N) is 3. The van der Waals surface area contributed by atoms with Gasteiger partial charge in [0, 0.05) is 12.6 Å². The first kappa shape index (κ1) is 16.1. The first-order chi connectivity index (χ1) is 10.2. The molecule has 0 atom stereocenters. The Balaban J connectivity index is 2.17. The smallest absolute Gasteiger partial charge is 0.124 e. The molecule has 4 nitrogen and oxygen atoms in total. The monoisotopic (exact) mass is 309 g/mol. The lowest BCUT2D eigenvalue weighted by atomic mass is 10.3. The molecule has 0 radical (unpaired) electrons. The standard InChI is InChI=1S/C16H24ClN3O/c1-4-19(5-2)9-6-10-20-15-8-7-13(21-3)11-14(15)18-16(20)12-17/h7-8,11H,4-6,9-10,12H2,1-3H3. The van der Waals surface area contributed by atoms with Gasteiger partial charge in [-0.1, -0.05) is 13.8 Å². The van der Waals surface area contributed by atoms with Crippen molar-refractivity contribution < 1.29 is 4.74 Å². The van der Waals surface area contributed by atoms with E-state index in [0.717, 1.165) is 55.2 Å². The van der Waals surface area contributed by atoms with Crippen LogP contribution in [0.3, 0.4) is 0 Å². The minimum Gasteiger partial charge on any atom is -0.497 e. The Labute approximate surface area is 131 Å². The van der Waals surface area contributed by atoms with Gasteiger partial charge in [0.15, 0.2) is 0 Å². The molecule has 5 heteroatoms. The fourth-order valence-corrected chi connectivity index (χ4v) is 2.83. The van der Waals surface area contributed by atoms with Crippen molar-refractivity contribution in [2.45, 2.75) is 32.7 Å². The molecule has 0 aliphatic carbocycles. The summed E-state index contributed by atoms with van der Waals surface area (Å²) in [4.78, 5) is 7.05. The molecule has 116 valence electrons. The molecule has 0 amide bonds. The molecule has 1 aromatic heterocycles. The van der Waals surface area contributed by atoms with E-state index in [1.54, 1.807) is 7.11 Å². The first-order valence-electron chi connectivity index (χ1n) is 7.54. The van der Waals surface area contributed by atoms with Crippen molar-refractivity contribution in [3.8, 4) is 5.75 Å². The number of benzene rings is 1. The predicted molar refractivity (Wildman–Crippen MR) is 88.2 cm³/mol. The van der Waals surface area contributed by atoms with Gasteiger partial charge in [-0.05, 0) is 38.2 Å². The Bertz CT molecular complexity index is 578. The highest BCUT2D eigenvalue weighted by Gasteiger charge is 2.11. The third kappa shape index (κ3) is 3.69. The van der Waals surface area contributed by atoms with Gasteiger partial charge >= 0.3 is 0 Å². The zero-order chi connectivity index (χ0) is 15.2. The molecule has 2 rings (SSSR count). The summed E-state index contributed by atoms with van der Waals surface area (Å²) in [5.41, 5.74) is 2.08. The number of alkyl halides is 1. The lowest BCUT2D eigenvalue weighted by molar-refractivity contribution is 0.293. The van der Waals surface area contributed by atoms with E-state index < -0.39 is 0 Å². The minimum absolute atomic E-state index is 0.433. The number of aryl methyl sites for hydroxylation is 1. The highest BCUT2D eigenvalue weighted by Crippen LogP contribution is 2.23. The second kappa shape index (κ2) is 7.66. The van der Waals surface area contributed by atoms with Gasteiger partial charge in [-0.15, -0.1) is 11.6 Å². The largest absolute Gasteiger partial charge is 0.497 e. The van der Waals surface area contributed by atoms with Gasteiger partial charge in [0.25, 0.3) is 0 Å². The van der Waals surface area contributed by atoms with Crippen LogP contribution in [0.15, 0.2) is 18.2 Å². The van der Waals surface area contributed by atoms with Crippen LogP contribution in [0.4, 0.5) is 0 Å². The van der Waals surface area contributed by atoms with Crippen LogP contribution in [0.5, 0.6) is 5.75 Å². The number of halogens is 1. The third-order valence-corrected chi connectivity index (χ3v) is 4.14. The number of fused-ring (bicyclic) bond motifs is 1. The molecular formula is C16H24ClN3O. The molecule has 0 fully saturated rings. The number of hydrogen-bond donors (Lipinski definition) is 0. The summed E-state index contributed by atoms with van der Waals surface area (Å²) in [5.74, 6) is 2.19. The zero-order valence-corrected chi connectivity index (χ0v) is 13.9. The third-order valence-electron chi connectivity index (χ3n) is 3.90. The number of aromatic nitrogens is 2. The van der Waals surface area contributed by atoms with Gasteiger partial charge in [-0.25, -0.2) is 4.98 Å². The molecule has 0 unspecified atom stereocenters. The van der Waals surface area contributed by atoms with Crippen LogP contribution in [0.1, 0.15) is 26.1 Å². The van der Waals surface area contributed by atoms with E-state index in [4.69, 9.17) is 16.3 Å². The van der Waals surface area contributed by atoms with E-state index in [1.165, 1.54) is 0 Å². The summed E-state index contributed by atoms with van der Waals surface area (Å²) in [6.45, 7) is 8.65. The molecule has 1 aromatic carbocycles. The van der Waals surface area contributed by atoms with E-state index in [0.29, 0.717) is 5.88 Å². The molecular weight excluding hydrogens is 286 g/mol. The lowest BCUT2D eigenvalue weighted by Crippen LogP contribution is -2.25. The van der Waals surface area contributed by atoms with Crippen molar-refractivity contribution in [1.82, 2.24) is 14.5 Å². The summed E-state index contributed by atoms with van der Waals surface area (Å²) < 4.78 is 7.49. The molecule has 0 saturated carbocycles. The molecule has 2 aromatic rings. The Hall–Kier alpha value is -1.26. The van der Waals surface area contributed by atoms with E-state index in [2.05, 4.69) is 34.4 Å². The van der Waals surface area contributed by atoms with Gasteiger partial charge in [0.05, 0.1) is 24.0 Å². The highest BCUT2D eigenvalue weighted by molar-refractivity contribution is 6.16. The topological polar surface area (TPSA) is 30.3 Å². The number of methoxy groups -OCH3 is 1. The summed E-state index contributed by atoms with van der Waals surface area (Å²) >= 11 is 6.05. The second-order valence-corrected chi connectivity index (χ2v) is 5.32. The van der Waals surface area contributed by atoms with E-state index in [-0.39, 0.29) is 0 Å². The summed E-state index contributed by atoms with van der Waals surface area (Å²) in [7, 11) is 1.67. The second-order valence-electron chi connectivity index (χ2n) is 5.05. The van der Waals surface area contributed by atoms with Crippen LogP contribution < -0.4 is 4.74 Å². The number of imidazole rings is 1. The van der Waals surface area contributed by atoms with Crippen molar-refractivity contribution in [2.24, 2.45) is 0 Å². The van der Waals surface area contributed by atoms with Crippen molar-refractivity contribution in [3.05, 3.63) is 24.0 Å². The predicted octanol–water partition coefficient (Wildman–Crippen LogP) is 3.52. The van der Waals surface area contributed by atoms with Gasteiger partial charge in [-0.2, -0.15) is 0 Å². The highest BCUT2D eigenvalue weighted by atomic mass is 35.5. The van der Waals surface area contributed by atoms with Crippen LogP contribution in [-0.2, 0) is 12.4 Å². The maximum absolute atomic E-state index is 6.05. The van der Waals surface area contributed by atoms with Crippen molar-refractivity contribution in [2.75, 3.05) is 26.7 Å². The summed E-state index contributed by atoms with van der Waals surface area (Å²) in [6.07, 6.45) is 1.10. The summed E-state index contributed by atoms with van der Waals surface area (Å²) in [5, 5.41) is 0. The van der Waals surface area contributed by atoms with Crippen LogP contribution in [0.25, 0.3) is 11.0 Å². The average Bonchev–Trinajstić information content (AvgIpc) is 2.88. The number of rotatable bonds is 8. The van der Waals surface area contributed by atoms with E-state index in [1.807, 2.05) is 12.1 Å². The molecule has 0 N–H and O–H groups in total. The summed E-state index contributed by atoms with van der Waals surface area (Å²) in [6, 6.07) is 6.00. The van der Waals surface area contributed by atoms with E-state index >= 15 is 0 Å². The Morgan fingerprint density at radius 2 is 2.05 bits per heavy atom. The number of ether oxygens (including phenoxy) is 1. The maximum Gasteiger partial charge on any atom is 0.124 e. The number of hydrogen-bond acceptors (Lipinski definition) is 3. The Morgan fingerprint density at radius 1 is 1.29 bits per heavy atom. The maximum atomic E-state index is 6.05. The lowest BCUT2D eigenvalue weighted by Gasteiger charge is -2.18. The fourth-order valence-electron chi connectivity index (χ4n) is 2.63. The molecule has 1 heterocycles. The Kier molecular flexibility index (Phi) is 5.88. The molecule has 0 saturated heterocycles. The molecule has 0 spiro atoms. The van der Waals surface area contributed by atoms with Crippen molar-refractivity contribution in [1.29, 1.82) is 0 Å². The minimum atomic E-state index is 0.433. The van der Waals surface area contributed by atoms with Gasteiger partial charge in [0.2, 0.25) is 0 Å². The van der Waals surface area contributed by atoms with Crippen LogP contribution >= 0.6 is 11.6 Å². The molecule has 0 aliphatic heterocycles. The van der Waals surface area contributed by atoms with Gasteiger partial charge in [-0.3, -0.25) is 0 Å². The normalized spacial score (nSPS) is 11.5. The van der Waals surface area contributed by atoms with E-state index in [9.17, 15) is 0 Å². The van der Waals surface area contributed by atoms with Crippen LogP contribution in [0.2, 0.25) is 0 Å². The first-order valence-corrected chi connectivity index (χ1v) is 8.08. The van der Waals surface area contributed by atoms with Crippen molar-refractivity contribution in [3.63, 3.8) is 0 Å². The molecule has 0 aliphatic rings. The quantitative estimate of drug-likeness (QED) is 0.699. The van der Waals surface area contributed by atoms with Crippen molar-refractivity contribution >= 4 is 22.6 Å². The molecule has 21 heavy (non-hydrogen) atoms.